The molecule has 2 atom stereocenters. The molecule has 0 saturated carbocycles. The SMILES string of the molecule is CC(=O)O[C@@H]1[C@H](OC(C)=O)N([N+](=O)[O-])CCN1[N+](=O)[O-]. The van der Waals surface area contributed by atoms with Crippen LogP contribution in [0.3, 0.4) is 0 Å². The molecule has 0 unspecified atom stereocenters. The van der Waals surface area contributed by atoms with Crippen molar-refractivity contribution in [3.8, 4) is 0 Å². The van der Waals surface area contributed by atoms with E-state index in [0.717, 1.165) is 13.8 Å². The fraction of sp³-hybridized carbons (Fsp3) is 0.750. The molecule has 0 aromatic rings. The second kappa shape index (κ2) is 5.99. The molecule has 0 bridgehead atoms. The number of nitrogens with zero attached hydrogens (tertiary/aromatic N) is 4. The maximum absolute atomic E-state index is 11.0. The maximum Gasteiger partial charge on any atom is 0.304 e. The fourth-order valence-corrected chi connectivity index (χ4v) is 1.68. The summed E-state index contributed by atoms with van der Waals surface area (Å²) in [5, 5.41) is 20.9. The number of rotatable bonds is 4. The van der Waals surface area contributed by atoms with Gasteiger partial charge < -0.3 is 9.47 Å². The number of ether oxygens (including phenoxy) is 2. The molecule has 0 aliphatic carbocycles. The summed E-state index contributed by atoms with van der Waals surface area (Å²) in [6.07, 6.45) is -3.41. The third kappa shape index (κ3) is 3.43. The quantitative estimate of drug-likeness (QED) is 0.350. The van der Waals surface area contributed by atoms with Crippen LogP contribution < -0.4 is 0 Å². The predicted molar refractivity (Wildman–Crippen MR) is 58.5 cm³/mol. The summed E-state index contributed by atoms with van der Waals surface area (Å²) >= 11 is 0. The molecule has 1 saturated heterocycles. The van der Waals surface area contributed by atoms with Gasteiger partial charge in [0.05, 0.1) is 0 Å². The third-order valence-corrected chi connectivity index (χ3v) is 2.38. The van der Waals surface area contributed by atoms with Crippen molar-refractivity contribution < 1.29 is 29.1 Å². The number of piperazine rings is 1. The Labute approximate surface area is 112 Å². The van der Waals surface area contributed by atoms with Gasteiger partial charge in [-0.15, -0.1) is 0 Å². The van der Waals surface area contributed by atoms with Gasteiger partial charge in [-0.05, 0) is 0 Å². The predicted octanol–water partition coefficient (Wildman–Crippen LogP) is -1.23. The zero-order valence-electron chi connectivity index (χ0n) is 10.6. The molecule has 0 amide bonds. The first-order valence-electron chi connectivity index (χ1n) is 5.40. The van der Waals surface area contributed by atoms with Crippen LogP contribution in [0.25, 0.3) is 0 Å². The molecule has 0 spiro atoms. The summed E-state index contributed by atoms with van der Waals surface area (Å²) in [4.78, 5) is 43.7. The van der Waals surface area contributed by atoms with Gasteiger partial charge in [0, 0.05) is 13.8 Å². The van der Waals surface area contributed by atoms with Gasteiger partial charge in [-0.1, -0.05) is 10.0 Å². The normalized spacial score (nSPS) is 22.1. The molecule has 112 valence electrons. The highest BCUT2D eigenvalue weighted by atomic mass is 16.7. The zero-order chi connectivity index (χ0) is 15.4. The van der Waals surface area contributed by atoms with Crippen LogP contribution in [0.1, 0.15) is 13.8 Å². The number of hydrogen-bond acceptors (Lipinski definition) is 8. The van der Waals surface area contributed by atoms with Gasteiger partial charge in [0.1, 0.15) is 13.1 Å². The molecular formula is C8H12N4O8. The fourth-order valence-electron chi connectivity index (χ4n) is 1.68. The highest BCUT2D eigenvalue weighted by molar-refractivity contribution is 5.67. The molecule has 1 heterocycles. The first-order chi connectivity index (χ1) is 9.23. The van der Waals surface area contributed by atoms with Gasteiger partial charge in [0.25, 0.3) is 12.5 Å². The topological polar surface area (TPSA) is 145 Å². The van der Waals surface area contributed by atoms with E-state index < -0.39 is 34.5 Å². The van der Waals surface area contributed by atoms with E-state index >= 15 is 0 Å². The van der Waals surface area contributed by atoms with Gasteiger partial charge in [-0.2, -0.15) is 0 Å². The minimum atomic E-state index is -1.70. The highest BCUT2D eigenvalue weighted by Crippen LogP contribution is 2.20. The highest BCUT2D eigenvalue weighted by Gasteiger charge is 2.51. The van der Waals surface area contributed by atoms with Crippen LogP contribution in [0.2, 0.25) is 0 Å². The number of carbonyl (C=O) groups excluding carboxylic acids is 2. The lowest BCUT2D eigenvalue weighted by Gasteiger charge is -2.36. The van der Waals surface area contributed by atoms with Crippen LogP contribution in [-0.2, 0) is 19.1 Å². The van der Waals surface area contributed by atoms with E-state index in [0.29, 0.717) is 10.0 Å². The molecule has 0 aromatic heterocycles. The minimum Gasteiger partial charge on any atom is -0.430 e. The zero-order valence-corrected chi connectivity index (χ0v) is 10.6. The van der Waals surface area contributed by atoms with Crippen molar-refractivity contribution in [2.75, 3.05) is 13.1 Å². The van der Waals surface area contributed by atoms with Crippen molar-refractivity contribution in [2.45, 2.75) is 26.3 Å². The van der Waals surface area contributed by atoms with Crippen LogP contribution >= 0.6 is 0 Å². The van der Waals surface area contributed by atoms with E-state index in [-0.39, 0.29) is 13.1 Å². The van der Waals surface area contributed by atoms with Crippen LogP contribution in [-0.4, -0.2) is 57.6 Å². The second-order valence-electron chi connectivity index (χ2n) is 3.80. The van der Waals surface area contributed by atoms with Gasteiger partial charge in [-0.25, -0.2) is 20.2 Å². The Morgan fingerprint density at radius 3 is 1.45 bits per heavy atom. The summed E-state index contributed by atoms with van der Waals surface area (Å²) < 4.78 is 9.36. The third-order valence-electron chi connectivity index (χ3n) is 2.38. The van der Waals surface area contributed by atoms with E-state index in [4.69, 9.17) is 0 Å². The standard InChI is InChI=1S/C8H12N4O8/c1-5(13)19-7-8(20-6(2)14)10(12(17)18)4-3-9(7)11(15)16/h7-8H,3-4H2,1-2H3/t7-,8+. The van der Waals surface area contributed by atoms with Crippen molar-refractivity contribution in [1.29, 1.82) is 0 Å². The lowest BCUT2D eigenvalue weighted by Crippen LogP contribution is -2.64. The van der Waals surface area contributed by atoms with Crippen molar-refractivity contribution in [1.82, 2.24) is 10.0 Å². The van der Waals surface area contributed by atoms with Gasteiger partial charge in [-0.3, -0.25) is 9.59 Å². The van der Waals surface area contributed by atoms with E-state index in [1.807, 2.05) is 0 Å². The molecule has 12 heteroatoms. The Bertz CT molecular complexity index is 400. The molecule has 0 aromatic carbocycles. The van der Waals surface area contributed by atoms with Gasteiger partial charge in [0.2, 0.25) is 0 Å². The Kier molecular flexibility index (Phi) is 4.61. The van der Waals surface area contributed by atoms with Crippen molar-refractivity contribution in [3.63, 3.8) is 0 Å². The van der Waals surface area contributed by atoms with E-state index in [1.165, 1.54) is 0 Å². The van der Waals surface area contributed by atoms with E-state index in [9.17, 15) is 29.8 Å². The summed E-state index contributed by atoms with van der Waals surface area (Å²) in [6.45, 7) is 1.22. The minimum absolute atomic E-state index is 0.371. The first-order valence-corrected chi connectivity index (χ1v) is 5.40. The van der Waals surface area contributed by atoms with Gasteiger partial charge in [0.15, 0.2) is 10.1 Å². The maximum atomic E-state index is 11.0. The van der Waals surface area contributed by atoms with Crippen LogP contribution in [0.5, 0.6) is 0 Å². The molecule has 1 rings (SSSR count). The molecule has 0 radical (unpaired) electrons. The molecule has 1 fully saturated rings. The number of nitro groups is 2. The summed E-state index contributed by atoms with van der Waals surface area (Å²) in [6, 6.07) is 0. The Morgan fingerprint density at radius 2 is 1.25 bits per heavy atom. The van der Waals surface area contributed by atoms with E-state index in [2.05, 4.69) is 9.47 Å². The lowest BCUT2D eigenvalue weighted by molar-refractivity contribution is -0.725. The average Bonchev–Trinajstić information content (AvgIpc) is 2.28. The van der Waals surface area contributed by atoms with Gasteiger partial charge >= 0.3 is 11.9 Å². The number of hydrazine groups is 2. The van der Waals surface area contributed by atoms with Crippen molar-refractivity contribution in [3.05, 3.63) is 20.2 Å². The molecule has 12 nitrogen and oxygen atoms in total. The van der Waals surface area contributed by atoms with Crippen molar-refractivity contribution in [2.24, 2.45) is 0 Å². The van der Waals surface area contributed by atoms with E-state index in [1.54, 1.807) is 0 Å². The smallest absolute Gasteiger partial charge is 0.304 e. The second-order valence-corrected chi connectivity index (χ2v) is 3.80. The van der Waals surface area contributed by atoms with Crippen molar-refractivity contribution >= 4 is 11.9 Å². The number of hydrogen-bond donors (Lipinski definition) is 0. The molecule has 20 heavy (non-hydrogen) atoms. The average molecular weight is 292 g/mol. The largest absolute Gasteiger partial charge is 0.430 e. The Balaban J connectivity index is 3.10. The lowest BCUT2D eigenvalue weighted by atomic mass is 10.3. The Morgan fingerprint density at radius 1 is 0.950 bits per heavy atom. The van der Waals surface area contributed by atoms with Crippen LogP contribution in [0.15, 0.2) is 0 Å². The molecule has 1 aliphatic rings. The van der Waals surface area contributed by atoms with Crippen LogP contribution in [0.4, 0.5) is 0 Å². The Hall–Kier alpha value is -2.66. The number of esters is 2. The first kappa shape index (κ1) is 15.4. The molecular weight excluding hydrogens is 280 g/mol. The monoisotopic (exact) mass is 292 g/mol. The summed E-state index contributed by atoms with van der Waals surface area (Å²) in [7, 11) is 0. The summed E-state index contributed by atoms with van der Waals surface area (Å²) in [5.74, 6) is -1.80. The summed E-state index contributed by atoms with van der Waals surface area (Å²) in [5.41, 5.74) is 0. The molecule has 1 aliphatic heterocycles. The molecule has 0 N–H and O–H groups in total. The number of carbonyl (C=O) groups is 2. The van der Waals surface area contributed by atoms with Crippen LogP contribution in [0, 0.1) is 20.2 Å².